The smallest absolute Gasteiger partial charge is 0.246 e. The molecule has 0 saturated heterocycles. The minimum Gasteiger partial charge on any atom is -0.275 e. The Morgan fingerprint density at radius 2 is 2.57 bits per heavy atom. The predicted octanol–water partition coefficient (Wildman–Crippen LogP) is 1.04. The summed E-state index contributed by atoms with van der Waals surface area (Å²) in [5.74, 6) is 0.659. The van der Waals surface area contributed by atoms with Crippen LogP contribution < -0.4 is 0 Å². The van der Waals surface area contributed by atoms with E-state index < -0.39 is 0 Å². The van der Waals surface area contributed by atoms with Crippen LogP contribution in [-0.2, 0) is 9.63 Å². The van der Waals surface area contributed by atoms with Crippen molar-refractivity contribution in [3.8, 4) is 0 Å². The number of amides is 1. The summed E-state index contributed by atoms with van der Waals surface area (Å²) in [5.41, 5.74) is 1.67. The molecular formula is C7H11N3O2S2. The van der Waals surface area contributed by atoms with Gasteiger partial charge in [0.05, 0.1) is 7.11 Å². The Bertz CT molecular complexity index is 278. The van der Waals surface area contributed by atoms with Crippen LogP contribution in [-0.4, -0.2) is 41.1 Å². The molecule has 5 nitrogen and oxygen atoms in total. The number of nitrogens with zero attached hydrogens (tertiary/aromatic N) is 3. The SMILES string of the molecule is CON(C)C(=O)CCSc1nncs1. The molecule has 0 N–H and O–H groups in total. The van der Waals surface area contributed by atoms with E-state index in [1.807, 2.05) is 0 Å². The standard InChI is InChI=1S/C7H11N3O2S2/c1-10(12-2)6(11)3-4-13-7-9-8-5-14-7/h5H,3-4H2,1-2H3. The normalized spacial score (nSPS) is 10.1. The third kappa shape index (κ3) is 3.60. The second-order valence-electron chi connectivity index (χ2n) is 2.38. The number of hydrogen-bond donors (Lipinski definition) is 0. The van der Waals surface area contributed by atoms with E-state index in [9.17, 15) is 4.79 Å². The summed E-state index contributed by atoms with van der Waals surface area (Å²) < 4.78 is 0.887. The Balaban J connectivity index is 2.18. The molecule has 0 bridgehead atoms. The van der Waals surface area contributed by atoms with Gasteiger partial charge in [-0.25, -0.2) is 5.06 Å². The highest BCUT2D eigenvalue weighted by molar-refractivity contribution is 8.01. The molecule has 0 unspecified atom stereocenters. The topological polar surface area (TPSA) is 55.3 Å². The van der Waals surface area contributed by atoms with Gasteiger partial charge in [-0.1, -0.05) is 23.1 Å². The van der Waals surface area contributed by atoms with Gasteiger partial charge in [-0.2, -0.15) is 0 Å². The first-order chi connectivity index (χ1) is 6.74. The molecule has 1 heterocycles. The van der Waals surface area contributed by atoms with Gasteiger partial charge in [0, 0.05) is 19.2 Å². The molecule has 0 spiro atoms. The predicted molar refractivity (Wildman–Crippen MR) is 55.0 cm³/mol. The maximum Gasteiger partial charge on any atom is 0.246 e. The number of rotatable bonds is 5. The molecule has 78 valence electrons. The number of thioether (sulfide) groups is 1. The maximum atomic E-state index is 11.3. The van der Waals surface area contributed by atoms with Gasteiger partial charge in [0.25, 0.3) is 0 Å². The van der Waals surface area contributed by atoms with Gasteiger partial charge >= 0.3 is 0 Å². The van der Waals surface area contributed by atoms with E-state index in [0.29, 0.717) is 12.2 Å². The van der Waals surface area contributed by atoms with Crippen LogP contribution in [0.4, 0.5) is 0 Å². The van der Waals surface area contributed by atoms with Crippen LogP contribution in [0.25, 0.3) is 0 Å². The zero-order valence-electron chi connectivity index (χ0n) is 7.97. The van der Waals surface area contributed by atoms with E-state index in [4.69, 9.17) is 4.84 Å². The lowest BCUT2D eigenvalue weighted by molar-refractivity contribution is -0.168. The van der Waals surface area contributed by atoms with E-state index in [1.165, 1.54) is 35.3 Å². The van der Waals surface area contributed by atoms with Gasteiger partial charge < -0.3 is 0 Å². The van der Waals surface area contributed by atoms with Crippen LogP contribution in [0.5, 0.6) is 0 Å². The van der Waals surface area contributed by atoms with Crippen molar-refractivity contribution in [3.63, 3.8) is 0 Å². The van der Waals surface area contributed by atoms with Crippen molar-refractivity contribution >= 4 is 29.0 Å². The lowest BCUT2D eigenvalue weighted by Crippen LogP contribution is -2.25. The molecule has 0 fully saturated rings. The molecule has 1 rings (SSSR count). The first-order valence-corrected chi connectivity index (χ1v) is 5.80. The van der Waals surface area contributed by atoms with E-state index in [1.54, 1.807) is 12.6 Å². The van der Waals surface area contributed by atoms with Crippen LogP contribution in [0.3, 0.4) is 0 Å². The number of carbonyl (C=O) groups is 1. The Labute approximate surface area is 90.4 Å². The van der Waals surface area contributed by atoms with Crippen molar-refractivity contribution in [1.29, 1.82) is 0 Å². The average molecular weight is 233 g/mol. The number of carbonyl (C=O) groups excluding carboxylic acids is 1. The van der Waals surface area contributed by atoms with Crippen LogP contribution in [0.2, 0.25) is 0 Å². The first-order valence-electron chi connectivity index (χ1n) is 3.93. The Kier molecular flexibility index (Phi) is 4.85. The molecule has 0 radical (unpaired) electrons. The number of hydrogen-bond acceptors (Lipinski definition) is 6. The second-order valence-corrected chi connectivity index (χ2v) is 4.55. The van der Waals surface area contributed by atoms with Gasteiger partial charge in [0.15, 0.2) is 4.34 Å². The third-order valence-electron chi connectivity index (χ3n) is 1.51. The summed E-state index contributed by atoms with van der Waals surface area (Å²) in [4.78, 5) is 16.0. The van der Waals surface area contributed by atoms with Crippen LogP contribution >= 0.6 is 23.1 Å². The van der Waals surface area contributed by atoms with Crippen molar-refractivity contribution in [3.05, 3.63) is 5.51 Å². The maximum absolute atomic E-state index is 11.3. The molecule has 0 saturated carbocycles. The molecule has 1 aromatic rings. The minimum atomic E-state index is -0.0375. The largest absolute Gasteiger partial charge is 0.275 e. The quantitative estimate of drug-likeness (QED) is 0.562. The zero-order valence-corrected chi connectivity index (χ0v) is 9.60. The molecule has 0 aliphatic carbocycles. The van der Waals surface area contributed by atoms with Crippen molar-refractivity contribution < 1.29 is 9.63 Å². The Morgan fingerprint density at radius 1 is 1.79 bits per heavy atom. The van der Waals surface area contributed by atoms with Crippen LogP contribution in [0, 0.1) is 0 Å². The number of aromatic nitrogens is 2. The fourth-order valence-corrected chi connectivity index (χ4v) is 2.20. The number of hydroxylamine groups is 2. The van der Waals surface area contributed by atoms with E-state index in [2.05, 4.69) is 10.2 Å². The van der Waals surface area contributed by atoms with Crippen molar-refractivity contribution in [2.45, 2.75) is 10.8 Å². The monoisotopic (exact) mass is 233 g/mol. The summed E-state index contributed by atoms with van der Waals surface area (Å²) in [7, 11) is 3.06. The fraction of sp³-hybridized carbons (Fsp3) is 0.571. The Morgan fingerprint density at radius 3 is 3.14 bits per heavy atom. The van der Waals surface area contributed by atoms with Crippen molar-refractivity contribution in [1.82, 2.24) is 15.3 Å². The summed E-state index contributed by atoms with van der Waals surface area (Å²) >= 11 is 3.00. The molecule has 0 aliphatic heterocycles. The van der Waals surface area contributed by atoms with E-state index in [0.717, 1.165) is 4.34 Å². The summed E-state index contributed by atoms with van der Waals surface area (Å²) in [5, 5.41) is 8.78. The molecule has 0 atom stereocenters. The Hall–Kier alpha value is -0.660. The highest BCUT2D eigenvalue weighted by Gasteiger charge is 2.08. The van der Waals surface area contributed by atoms with Crippen molar-refractivity contribution in [2.75, 3.05) is 19.9 Å². The van der Waals surface area contributed by atoms with Crippen LogP contribution in [0.1, 0.15) is 6.42 Å². The minimum absolute atomic E-state index is 0.0375. The van der Waals surface area contributed by atoms with Gasteiger partial charge in [0.2, 0.25) is 5.91 Å². The van der Waals surface area contributed by atoms with Gasteiger partial charge in [0.1, 0.15) is 5.51 Å². The van der Waals surface area contributed by atoms with E-state index >= 15 is 0 Å². The molecular weight excluding hydrogens is 222 g/mol. The summed E-state index contributed by atoms with van der Waals surface area (Å²) in [6, 6.07) is 0. The van der Waals surface area contributed by atoms with Gasteiger partial charge in [-0.15, -0.1) is 10.2 Å². The van der Waals surface area contributed by atoms with E-state index in [-0.39, 0.29) is 5.91 Å². The zero-order chi connectivity index (χ0) is 10.4. The molecule has 0 aromatic carbocycles. The first kappa shape index (κ1) is 11.4. The molecule has 1 amide bonds. The summed E-state index contributed by atoms with van der Waals surface area (Å²) in [6.45, 7) is 0. The highest BCUT2D eigenvalue weighted by Crippen LogP contribution is 2.19. The molecule has 14 heavy (non-hydrogen) atoms. The van der Waals surface area contributed by atoms with Gasteiger partial charge in [-0.05, 0) is 0 Å². The van der Waals surface area contributed by atoms with Crippen molar-refractivity contribution in [2.24, 2.45) is 0 Å². The molecule has 1 aromatic heterocycles. The molecule has 7 heteroatoms. The summed E-state index contributed by atoms with van der Waals surface area (Å²) in [6.07, 6.45) is 0.439. The lowest BCUT2D eigenvalue weighted by Gasteiger charge is -2.12. The third-order valence-corrected chi connectivity index (χ3v) is 3.37. The van der Waals surface area contributed by atoms with Crippen LogP contribution in [0.15, 0.2) is 9.85 Å². The average Bonchev–Trinajstić information content (AvgIpc) is 2.69. The van der Waals surface area contributed by atoms with Gasteiger partial charge in [-0.3, -0.25) is 9.63 Å². The fourth-order valence-electron chi connectivity index (χ4n) is 0.711. The molecule has 0 aliphatic rings. The lowest BCUT2D eigenvalue weighted by atomic mass is 10.4. The second kappa shape index (κ2) is 5.94. The highest BCUT2D eigenvalue weighted by atomic mass is 32.2.